The van der Waals surface area contributed by atoms with Gasteiger partial charge >= 0.3 is 0 Å². The summed E-state index contributed by atoms with van der Waals surface area (Å²) in [6.45, 7) is 6.54. The maximum atomic E-state index is 12.0. The van der Waals surface area contributed by atoms with E-state index < -0.39 is 0 Å². The van der Waals surface area contributed by atoms with Gasteiger partial charge in [-0.25, -0.2) is 9.97 Å². The third-order valence-corrected chi connectivity index (χ3v) is 5.86. The van der Waals surface area contributed by atoms with Crippen molar-refractivity contribution >= 4 is 25.5 Å². The minimum atomic E-state index is 0.0642. The number of pyridine rings is 1. The lowest BCUT2D eigenvalue weighted by Gasteiger charge is -2.36. The topological polar surface area (TPSA) is 77.5 Å². The van der Waals surface area contributed by atoms with Crippen molar-refractivity contribution < 1.29 is 4.79 Å². The Labute approximate surface area is 196 Å². The molecule has 0 aliphatic carbocycles. The van der Waals surface area contributed by atoms with Crippen LogP contribution < -0.4 is 15.0 Å². The minimum Gasteiger partial charge on any atom is -0.367 e. The first-order valence-corrected chi connectivity index (χ1v) is 11.2. The SMILES string of the molecule is BNCC(=O)N(C)Cc1cccc(-c2cnc(N3CCN(c4cncc(C)c4)CC3)nc2)c1. The molecule has 1 saturated heterocycles. The Kier molecular flexibility index (Phi) is 7.19. The van der Waals surface area contributed by atoms with E-state index in [2.05, 4.69) is 49.0 Å². The zero-order chi connectivity index (χ0) is 23.2. The number of rotatable bonds is 7. The maximum absolute atomic E-state index is 12.0. The van der Waals surface area contributed by atoms with E-state index >= 15 is 0 Å². The molecule has 8 nitrogen and oxygen atoms in total. The number of hydrogen-bond acceptors (Lipinski definition) is 7. The van der Waals surface area contributed by atoms with E-state index in [0.717, 1.165) is 48.8 Å². The van der Waals surface area contributed by atoms with Gasteiger partial charge in [-0.05, 0) is 35.7 Å². The molecule has 1 aliphatic heterocycles. The van der Waals surface area contributed by atoms with Crippen LogP contribution in [0.15, 0.2) is 55.1 Å². The number of benzene rings is 1. The van der Waals surface area contributed by atoms with Crippen molar-refractivity contribution in [2.75, 3.05) is 49.6 Å². The van der Waals surface area contributed by atoms with Crippen LogP contribution in [0.3, 0.4) is 0 Å². The van der Waals surface area contributed by atoms with Crippen LogP contribution in [0.25, 0.3) is 11.1 Å². The highest BCUT2D eigenvalue weighted by Crippen LogP contribution is 2.22. The molecule has 0 atom stereocenters. The van der Waals surface area contributed by atoms with Crippen LogP contribution in [-0.4, -0.2) is 73.5 Å². The third kappa shape index (κ3) is 5.67. The van der Waals surface area contributed by atoms with E-state index in [1.807, 2.05) is 50.0 Å². The fourth-order valence-electron chi connectivity index (χ4n) is 4.01. The van der Waals surface area contributed by atoms with Gasteiger partial charge in [-0.2, -0.15) is 0 Å². The summed E-state index contributed by atoms with van der Waals surface area (Å²) < 4.78 is 0. The van der Waals surface area contributed by atoms with Gasteiger partial charge in [-0.15, -0.1) is 0 Å². The summed E-state index contributed by atoms with van der Waals surface area (Å²) in [5.74, 6) is 0.823. The molecule has 170 valence electrons. The number of hydrogen-bond donors (Lipinski definition) is 1. The predicted molar refractivity (Wildman–Crippen MR) is 134 cm³/mol. The molecule has 2 aromatic heterocycles. The summed E-state index contributed by atoms with van der Waals surface area (Å²) in [4.78, 5) is 31.9. The van der Waals surface area contributed by atoms with Gasteiger partial charge in [0.1, 0.15) is 0 Å². The number of carbonyl (C=O) groups is 1. The van der Waals surface area contributed by atoms with Gasteiger partial charge in [0.15, 0.2) is 7.98 Å². The van der Waals surface area contributed by atoms with Crippen molar-refractivity contribution in [1.82, 2.24) is 25.1 Å². The van der Waals surface area contributed by atoms with Crippen molar-refractivity contribution in [2.24, 2.45) is 0 Å². The lowest BCUT2D eigenvalue weighted by molar-refractivity contribution is -0.129. The first kappa shape index (κ1) is 22.7. The van der Waals surface area contributed by atoms with E-state index in [1.54, 1.807) is 12.9 Å². The highest BCUT2D eigenvalue weighted by atomic mass is 16.2. The number of anilines is 2. The van der Waals surface area contributed by atoms with Gasteiger partial charge in [-0.3, -0.25) is 9.78 Å². The molecule has 1 N–H and O–H groups in total. The number of nitrogens with one attached hydrogen (secondary N) is 1. The van der Waals surface area contributed by atoms with E-state index in [0.29, 0.717) is 13.1 Å². The van der Waals surface area contributed by atoms with E-state index in [4.69, 9.17) is 0 Å². The average molecular weight is 443 g/mol. The lowest BCUT2D eigenvalue weighted by atomic mass is 10.1. The van der Waals surface area contributed by atoms with Gasteiger partial charge in [0.05, 0.1) is 18.4 Å². The van der Waals surface area contributed by atoms with Crippen molar-refractivity contribution in [3.63, 3.8) is 0 Å². The zero-order valence-corrected chi connectivity index (χ0v) is 19.5. The second kappa shape index (κ2) is 10.4. The van der Waals surface area contributed by atoms with E-state index in [-0.39, 0.29) is 5.91 Å². The molecule has 1 fully saturated rings. The van der Waals surface area contributed by atoms with Crippen molar-refractivity contribution in [3.8, 4) is 11.1 Å². The standard InChI is InChI=1S/C24H30BN7O/c1-18-10-22(15-26-12-18)31-6-8-32(9-7-31)24-27-13-21(14-28-24)20-5-3-4-19(11-20)17-30(2)23(33)16-29-25/h3-5,10-15,29H,6-9,16-17,25H2,1-2H3. The second-order valence-electron chi connectivity index (χ2n) is 8.45. The number of nitrogens with zero attached hydrogens (tertiary/aromatic N) is 6. The molecule has 1 aromatic carbocycles. The Hall–Kier alpha value is -3.46. The smallest absolute Gasteiger partial charge is 0.235 e. The molecule has 3 aromatic rings. The number of likely N-dealkylation sites (N-methyl/N-ethyl adjacent to an activating group) is 1. The van der Waals surface area contributed by atoms with Gasteiger partial charge in [0, 0.05) is 63.9 Å². The Morgan fingerprint density at radius 1 is 1.03 bits per heavy atom. The van der Waals surface area contributed by atoms with E-state index in [9.17, 15) is 4.79 Å². The Morgan fingerprint density at radius 3 is 2.45 bits per heavy atom. The molecular formula is C24H30BN7O. The normalized spacial score (nSPS) is 13.8. The Balaban J connectivity index is 1.38. The van der Waals surface area contributed by atoms with Crippen molar-refractivity contribution in [1.29, 1.82) is 0 Å². The average Bonchev–Trinajstić information content (AvgIpc) is 2.84. The molecule has 33 heavy (non-hydrogen) atoms. The van der Waals surface area contributed by atoms with Crippen LogP contribution in [-0.2, 0) is 11.3 Å². The maximum Gasteiger partial charge on any atom is 0.235 e. The van der Waals surface area contributed by atoms with Gasteiger partial charge < -0.3 is 19.9 Å². The quantitative estimate of drug-likeness (QED) is 0.551. The number of carbonyl (C=O) groups excluding carboxylic acids is 1. The summed E-state index contributed by atoms with van der Waals surface area (Å²) >= 11 is 0. The largest absolute Gasteiger partial charge is 0.367 e. The van der Waals surface area contributed by atoms with Crippen LogP contribution in [0.4, 0.5) is 11.6 Å². The summed E-state index contributed by atoms with van der Waals surface area (Å²) in [5, 5.41) is 2.90. The van der Waals surface area contributed by atoms with Crippen LogP contribution in [0, 0.1) is 6.92 Å². The summed E-state index contributed by atoms with van der Waals surface area (Å²) in [5.41, 5.74) is 5.43. The molecule has 0 unspecified atom stereocenters. The number of aromatic nitrogens is 3. The zero-order valence-electron chi connectivity index (χ0n) is 19.5. The summed E-state index contributed by atoms with van der Waals surface area (Å²) in [7, 11) is 3.59. The highest BCUT2D eigenvalue weighted by molar-refractivity contribution is 6.06. The van der Waals surface area contributed by atoms with Crippen LogP contribution >= 0.6 is 0 Å². The molecule has 1 aliphatic rings. The van der Waals surface area contributed by atoms with Crippen molar-refractivity contribution in [2.45, 2.75) is 13.5 Å². The molecule has 9 heteroatoms. The summed E-state index contributed by atoms with van der Waals surface area (Å²) in [6, 6.07) is 10.4. The second-order valence-corrected chi connectivity index (χ2v) is 8.45. The molecular weight excluding hydrogens is 413 g/mol. The Morgan fingerprint density at radius 2 is 1.76 bits per heavy atom. The highest BCUT2D eigenvalue weighted by Gasteiger charge is 2.19. The monoisotopic (exact) mass is 443 g/mol. The molecule has 0 bridgehead atoms. The van der Waals surface area contributed by atoms with E-state index in [1.165, 1.54) is 11.3 Å². The van der Waals surface area contributed by atoms with Gasteiger partial charge in [-0.1, -0.05) is 18.2 Å². The molecule has 3 heterocycles. The van der Waals surface area contributed by atoms with Crippen LogP contribution in [0.1, 0.15) is 11.1 Å². The first-order valence-electron chi connectivity index (χ1n) is 11.2. The van der Waals surface area contributed by atoms with Gasteiger partial charge in [0.2, 0.25) is 11.9 Å². The first-order chi connectivity index (χ1) is 16.0. The minimum absolute atomic E-state index is 0.0642. The molecule has 0 radical (unpaired) electrons. The lowest BCUT2D eigenvalue weighted by Crippen LogP contribution is -2.47. The molecule has 4 rings (SSSR count). The fourth-order valence-corrected chi connectivity index (χ4v) is 4.01. The number of piperazine rings is 1. The molecule has 1 amide bonds. The Bertz CT molecular complexity index is 1080. The number of amides is 1. The van der Waals surface area contributed by atoms with Crippen molar-refractivity contribution in [3.05, 3.63) is 66.2 Å². The number of aryl methyl sites for hydroxylation is 1. The molecule has 0 spiro atoms. The molecule has 0 saturated carbocycles. The fraction of sp³-hybridized carbons (Fsp3) is 0.333. The summed E-state index contributed by atoms with van der Waals surface area (Å²) in [6.07, 6.45) is 7.57. The third-order valence-electron chi connectivity index (χ3n) is 5.86. The predicted octanol–water partition coefficient (Wildman–Crippen LogP) is 1.27. The van der Waals surface area contributed by atoms with Crippen LogP contribution in [0.5, 0.6) is 0 Å². The van der Waals surface area contributed by atoms with Crippen LogP contribution in [0.2, 0.25) is 0 Å². The van der Waals surface area contributed by atoms with Gasteiger partial charge in [0.25, 0.3) is 0 Å².